The summed E-state index contributed by atoms with van der Waals surface area (Å²) in [5, 5.41) is -1.02. The van der Waals surface area contributed by atoms with E-state index in [9.17, 15) is 18.0 Å². The van der Waals surface area contributed by atoms with E-state index in [1.54, 1.807) is 20.8 Å². The van der Waals surface area contributed by atoms with Crippen LogP contribution in [-0.4, -0.2) is 36.8 Å². The van der Waals surface area contributed by atoms with Crippen molar-refractivity contribution in [3.8, 4) is 0 Å². The highest BCUT2D eigenvalue weighted by Gasteiger charge is 2.36. The number of hydrogen-bond acceptors (Lipinski definition) is 5. The lowest BCUT2D eigenvalue weighted by atomic mass is 9.99. The number of Topliss-reactive ketones (excluding diaryl/α,β-unsaturated/α-hetero) is 1. The van der Waals surface area contributed by atoms with Crippen molar-refractivity contribution in [3.63, 3.8) is 0 Å². The van der Waals surface area contributed by atoms with Crippen molar-refractivity contribution in [2.45, 2.75) is 57.3 Å². The van der Waals surface area contributed by atoms with Crippen LogP contribution in [0.4, 0.5) is 0 Å². The molecule has 0 heterocycles. The Hall–Kier alpha value is -0.910. The van der Waals surface area contributed by atoms with Gasteiger partial charge in [0.05, 0.1) is 0 Å². The first-order valence-corrected chi connectivity index (χ1v) is 7.79. The highest BCUT2D eigenvalue weighted by atomic mass is 32.2. The number of hydrogen-bond donors (Lipinski definition) is 0. The van der Waals surface area contributed by atoms with Gasteiger partial charge in [0.15, 0.2) is 15.6 Å². The molecule has 0 bridgehead atoms. The molecule has 0 aromatic heterocycles. The van der Waals surface area contributed by atoms with E-state index in [1.165, 1.54) is 0 Å². The zero-order valence-electron chi connectivity index (χ0n) is 11.1. The fourth-order valence-electron chi connectivity index (χ4n) is 1.97. The number of carbonyl (C=O) groups is 2. The van der Waals surface area contributed by atoms with Gasteiger partial charge in [0.25, 0.3) is 0 Å². The predicted octanol–water partition coefficient (Wildman–Crippen LogP) is 1.25. The smallest absolute Gasteiger partial charge is 0.321 e. The maximum atomic E-state index is 12.0. The molecule has 0 saturated heterocycles. The van der Waals surface area contributed by atoms with Crippen molar-refractivity contribution in [2.75, 3.05) is 5.75 Å². The quantitative estimate of drug-likeness (QED) is 0.725. The van der Waals surface area contributed by atoms with Gasteiger partial charge >= 0.3 is 5.97 Å². The lowest BCUT2D eigenvalue weighted by Gasteiger charge is -2.22. The van der Waals surface area contributed by atoms with Crippen molar-refractivity contribution in [1.82, 2.24) is 0 Å². The molecular formula is C12H20O5S. The predicted molar refractivity (Wildman–Crippen MR) is 66.9 cm³/mol. The second-order valence-electron chi connectivity index (χ2n) is 5.59. The van der Waals surface area contributed by atoms with E-state index in [0.717, 1.165) is 6.42 Å². The van der Waals surface area contributed by atoms with Crippen LogP contribution in [0, 0.1) is 0 Å². The summed E-state index contributed by atoms with van der Waals surface area (Å²) in [6.45, 7) is 5.01. The minimum absolute atomic E-state index is 0.273. The number of carbonyl (C=O) groups excluding carboxylic acids is 2. The molecule has 1 rings (SSSR count). The summed E-state index contributed by atoms with van der Waals surface area (Å²) in [6.07, 6.45) is 2.06. The monoisotopic (exact) mass is 276 g/mol. The van der Waals surface area contributed by atoms with Crippen LogP contribution in [0.5, 0.6) is 0 Å². The molecule has 1 atom stereocenters. The fourth-order valence-corrected chi connectivity index (χ4v) is 3.60. The zero-order chi connectivity index (χ0) is 14.0. The number of rotatable bonds is 3. The molecule has 1 saturated carbocycles. The minimum atomic E-state index is -3.73. The normalized spacial score (nSPS) is 21.7. The molecule has 1 aliphatic rings. The van der Waals surface area contributed by atoms with Crippen molar-refractivity contribution < 1.29 is 22.7 Å². The van der Waals surface area contributed by atoms with E-state index in [0.29, 0.717) is 12.8 Å². The van der Waals surface area contributed by atoms with Gasteiger partial charge in [0, 0.05) is 6.42 Å². The van der Waals surface area contributed by atoms with Gasteiger partial charge in [0.1, 0.15) is 16.6 Å². The molecule has 5 nitrogen and oxygen atoms in total. The highest BCUT2D eigenvalue weighted by molar-refractivity contribution is 7.93. The number of ether oxygens (including phenoxy) is 1. The van der Waals surface area contributed by atoms with Crippen molar-refractivity contribution >= 4 is 21.6 Å². The Balaban J connectivity index is 2.70. The Kier molecular flexibility index (Phi) is 4.53. The average Bonchev–Trinajstić information content (AvgIpc) is 2.13. The number of esters is 1. The Morgan fingerprint density at radius 3 is 2.44 bits per heavy atom. The molecule has 0 spiro atoms. The van der Waals surface area contributed by atoms with Crippen LogP contribution in [0.2, 0.25) is 0 Å². The molecule has 18 heavy (non-hydrogen) atoms. The van der Waals surface area contributed by atoms with Crippen LogP contribution < -0.4 is 0 Å². The topological polar surface area (TPSA) is 77.5 Å². The van der Waals surface area contributed by atoms with E-state index >= 15 is 0 Å². The van der Waals surface area contributed by atoms with Gasteiger partial charge in [-0.15, -0.1) is 0 Å². The fraction of sp³-hybridized carbons (Fsp3) is 0.833. The SMILES string of the molecule is CC(C)(C)OC(=O)CS(=O)(=O)C1CCCCC1=O. The first kappa shape index (κ1) is 15.1. The van der Waals surface area contributed by atoms with E-state index < -0.39 is 32.4 Å². The Labute approximate surface area is 108 Å². The standard InChI is InChI=1S/C12H20O5S/c1-12(2,3)17-11(14)8-18(15,16)10-7-5-4-6-9(10)13/h10H,4-8H2,1-3H3. The molecule has 0 radical (unpaired) electrons. The van der Waals surface area contributed by atoms with E-state index in [2.05, 4.69) is 0 Å². The summed E-state index contributed by atoms with van der Waals surface area (Å²) >= 11 is 0. The molecule has 6 heteroatoms. The van der Waals surface area contributed by atoms with Gasteiger partial charge < -0.3 is 4.74 Å². The molecule has 1 aliphatic carbocycles. The molecule has 0 aliphatic heterocycles. The van der Waals surface area contributed by atoms with Crippen molar-refractivity contribution in [2.24, 2.45) is 0 Å². The van der Waals surface area contributed by atoms with Crippen LogP contribution >= 0.6 is 0 Å². The maximum absolute atomic E-state index is 12.0. The lowest BCUT2D eigenvalue weighted by Crippen LogP contribution is -2.38. The third-order valence-electron chi connectivity index (χ3n) is 2.67. The summed E-state index contributed by atoms with van der Waals surface area (Å²) in [7, 11) is -3.73. The third-order valence-corrected chi connectivity index (χ3v) is 4.67. The summed E-state index contributed by atoms with van der Waals surface area (Å²) in [6, 6.07) is 0. The van der Waals surface area contributed by atoms with Crippen LogP contribution in [0.3, 0.4) is 0 Å². The average molecular weight is 276 g/mol. The first-order chi connectivity index (χ1) is 8.12. The zero-order valence-corrected chi connectivity index (χ0v) is 11.9. The molecule has 0 aromatic rings. The summed E-state index contributed by atoms with van der Waals surface area (Å²) in [5.41, 5.74) is -0.719. The van der Waals surface area contributed by atoms with Gasteiger partial charge in [-0.3, -0.25) is 9.59 Å². The van der Waals surface area contributed by atoms with E-state index in [1.807, 2.05) is 0 Å². The Morgan fingerprint density at radius 1 is 1.33 bits per heavy atom. The highest BCUT2D eigenvalue weighted by Crippen LogP contribution is 2.22. The maximum Gasteiger partial charge on any atom is 0.321 e. The second kappa shape index (κ2) is 5.38. The largest absolute Gasteiger partial charge is 0.459 e. The van der Waals surface area contributed by atoms with Crippen LogP contribution in [-0.2, 0) is 24.2 Å². The molecule has 0 N–H and O–H groups in total. The second-order valence-corrected chi connectivity index (χ2v) is 7.78. The van der Waals surface area contributed by atoms with Crippen LogP contribution in [0.15, 0.2) is 0 Å². The summed E-state index contributed by atoms with van der Waals surface area (Å²) in [5.74, 6) is -1.77. The summed E-state index contributed by atoms with van der Waals surface area (Å²) < 4.78 is 28.9. The Bertz CT molecular complexity index is 430. The van der Waals surface area contributed by atoms with Gasteiger partial charge in [-0.25, -0.2) is 8.42 Å². The van der Waals surface area contributed by atoms with Crippen LogP contribution in [0.25, 0.3) is 0 Å². The van der Waals surface area contributed by atoms with Gasteiger partial charge in [-0.2, -0.15) is 0 Å². The van der Waals surface area contributed by atoms with Gasteiger partial charge in [-0.1, -0.05) is 6.42 Å². The molecule has 1 fully saturated rings. The molecule has 104 valence electrons. The molecule has 1 unspecified atom stereocenters. The van der Waals surface area contributed by atoms with E-state index in [4.69, 9.17) is 4.74 Å². The molecule has 0 aromatic carbocycles. The molecular weight excluding hydrogens is 256 g/mol. The lowest BCUT2D eigenvalue weighted by molar-refractivity contribution is -0.151. The van der Waals surface area contributed by atoms with Gasteiger partial charge in [0.2, 0.25) is 0 Å². The van der Waals surface area contributed by atoms with Crippen molar-refractivity contribution in [1.29, 1.82) is 0 Å². The number of sulfone groups is 1. The third kappa shape index (κ3) is 4.40. The van der Waals surface area contributed by atoms with Crippen LogP contribution in [0.1, 0.15) is 46.5 Å². The van der Waals surface area contributed by atoms with Crippen molar-refractivity contribution in [3.05, 3.63) is 0 Å². The summed E-state index contributed by atoms with van der Waals surface area (Å²) in [4.78, 5) is 23.1. The molecule has 0 amide bonds. The van der Waals surface area contributed by atoms with Gasteiger partial charge in [-0.05, 0) is 33.6 Å². The number of ketones is 1. The van der Waals surface area contributed by atoms with E-state index in [-0.39, 0.29) is 12.2 Å². The first-order valence-electron chi connectivity index (χ1n) is 6.08. The minimum Gasteiger partial charge on any atom is -0.459 e. The Morgan fingerprint density at radius 2 is 1.94 bits per heavy atom.